The molecule has 0 aliphatic carbocycles. The molecule has 0 fully saturated rings. The summed E-state index contributed by atoms with van der Waals surface area (Å²) < 4.78 is 0. The Balaban J connectivity index is 3.76. The second-order valence-corrected chi connectivity index (χ2v) is 1.85. The fourth-order valence-corrected chi connectivity index (χ4v) is 0.534. The molecular formula is C9H12O. The molecule has 0 aromatic carbocycles. The monoisotopic (exact) mass is 136 g/mol. The fraction of sp³-hybridized carbons (Fsp3) is 0.222. The molecule has 0 rings (SSSR count). The Hall–Kier alpha value is -1.11. The number of hydrogen-bond donors (Lipinski definition) is 0. The molecule has 0 aromatic heterocycles. The third-order valence-electron chi connectivity index (χ3n) is 1.15. The SMILES string of the molecule is C=C/C=C/C/C(C=O)=C/C. The molecule has 1 nitrogen and oxygen atoms in total. The average molecular weight is 136 g/mol. The Bertz CT molecular complexity index is 164. The Morgan fingerprint density at radius 2 is 2.30 bits per heavy atom. The van der Waals surface area contributed by atoms with E-state index in [9.17, 15) is 4.79 Å². The van der Waals surface area contributed by atoms with Crippen molar-refractivity contribution in [3.63, 3.8) is 0 Å². The maximum absolute atomic E-state index is 10.2. The van der Waals surface area contributed by atoms with Crippen LogP contribution >= 0.6 is 0 Å². The highest BCUT2D eigenvalue weighted by Gasteiger charge is 1.85. The van der Waals surface area contributed by atoms with Crippen LogP contribution in [0.4, 0.5) is 0 Å². The predicted molar refractivity (Wildman–Crippen MR) is 43.8 cm³/mol. The zero-order valence-corrected chi connectivity index (χ0v) is 6.21. The molecule has 10 heavy (non-hydrogen) atoms. The van der Waals surface area contributed by atoms with Crippen molar-refractivity contribution in [2.45, 2.75) is 13.3 Å². The van der Waals surface area contributed by atoms with Gasteiger partial charge < -0.3 is 0 Å². The van der Waals surface area contributed by atoms with Gasteiger partial charge in [-0.1, -0.05) is 30.9 Å². The minimum Gasteiger partial charge on any atom is -0.298 e. The van der Waals surface area contributed by atoms with Gasteiger partial charge in [-0.15, -0.1) is 0 Å². The van der Waals surface area contributed by atoms with Crippen LogP contribution in [-0.2, 0) is 4.79 Å². The first-order valence-electron chi connectivity index (χ1n) is 3.23. The van der Waals surface area contributed by atoms with Crippen molar-refractivity contribution in [1.82, 2.24) is 0 Å². The Morgan fingerprint density at radius 3 is 2.70 bits per heavy atom. The van der Waals surface area contributed by atoms with Gasteiger partial charge in [-0.2, -0.15) is 0 Å². The van der Waals surface area contributed by atoms with E-state index in [0.717, 1.165) is 11.9 Å². The second kappa shape index (κ2) is 6.02. The molecule has 0 radical (unpaired) electrons. The van der Waals surface area contributed by atoms with Crippen LogP contribution in [0.5, 0.6) is 0 Å². The summed E-state index contributed by atoms with van der Waals surface area (Å²) in [6.45, 7) is 5.37. The highest BCUT2D eigenvalue weighted by Crippen LogP contribution is 1.97. The zero-order valence-electron chi connectivity index (χ0n) is 6.21. The second-order valence-electron chi connectivity index (χ2n) is 1.85. The lowest BCUT2D eigenvalue weighted by Crippen LogP contribution is -1.79. The molecule has 54 valence electrons. The van der Waals surface area contributed by atoms with E-state index in [4.69, 9.17) is 0 Å². The summed E-state index contributed by atoms with van der Waals surface area (Å²) in [6.07, 6.45) is 8.79. The average Bonchev–Trinajstić information content (AvgIpc) is 1.99. The lowest BCUT2D eigenvalue weighted by Gasteiger charge is -1.88. The predicted octanol–water partition coefficient (Wildman–Crippen LogP) is 2.26. The Labute approximate surface area is 61.8 Å². The van der Waals surface area contributed by atoms with Crippen LogP contribution in [0, 0.1) is 0 Å². The van der Waals surface area contributed by atoms with Crippen molar-refractivity contribution in [2.75, 3.05) is 0 Å². The largest absolute Gasteiger partial charge is 0.298 e. The fourth-order valence-electron chi connectivity index (χ4n) is 0.534. The summed E-state index contributed by atoms with van der Waals surface area (Å²) in [5.41, 5.74) is 0.804. The first kappa shape index (κ1) is 8.89. The minimum absolute atomic E-state index is 0.700. The highest BCUT2D eigenvalue weighted by atomic mass is 16.1. The summed E-state index contributed by atoms with van der Waals surface area (Å²) in [4.78, 5) is 10.2. The molecule has 0 heterocycles. The van der Waals surface area contributed by atoms with Crippen molar-refractivity contribution in [3.8, 4) is 0 Å². The van der Waals surface area contributed by atoms with Gasteiger partial charge in [0.25, 0.3) is 0 Å². The van der Waals surface area contributed by atoms with E-state index in [1.165, 1.54) is 0 Å². The van der Waals surface area contributed by atoms with Crippen molar-refractivity contribution in [3.05, 3.63) is 36.5 Å². The van der Waals surface area contributed by atoms with Gasteiger partial charge in [0.05, 0.1) is 0 Å². The maximum Gasteiger partial charge on any atom is 0.146 e. The molecule has 1 heteroatoms. The van der Waals surface area contributed by atoms with Crippen molar-refractivity contribution in [2.24, 2.45) is 0 Å². The van der Waals surface area contributed by atoms with Gasteiger partial charge >= 0.3 is 0 Å². The smallest absolute Gasteiger partial charge is 0.146 e. The molecule has 0 saturated heterocycles. The summed E-state index contributed by atoms with van der Waals surface area (Å²) in [6, 6.07) is 0. The molecule has 0 spiro atoms. The van der Waals surface area contributed by atoms with Gasteiger partial charge in [-0.25, -0.2) is 0 Å². The van der Waals surface area contributed by atoms with Crippen LogP contribution < -0.4 is 0 Å². The molecule has 0 bridgehead atoms. The van der Waals surface area contributed by atoms with E-state index in [2.05, 4.69) is 6.58 Å². The van der Waals surface area contributed by atoms with Crippen molar-refractivity contribution >= 4 is 6.29 Å². The van der Waals surface area contributed by atoms with Gasteiger partial charge in [0.15, 0.2) is 0 Å². The molecule has 0 saturated carbocycles. The first-order chi connectivity index (χ1) is 4.85. The topological polar surface area (TPSA) is 17.1 Å². The Kier molecular flexibility index (Phi) is 5.35. The van der Waals surface area contributed by atoms with Crippen molar-refractivity contribution < 1.29 is 4.79 Å². The summed E-state index contributed by atoms with van der Waals surface area (Å²) in [5.74, 6) is 0. The molecule has 0 unspecified atom stereocenters. The van der Waals surface area contributed by atoms with Crippen molar-refractivity contribution in [1.29, 1.82) is 0 Å². The number of hydrogen-bond acceptors (Lipinski definition) is 1. The molecule has 0 atom stereocenters. The first-order valence-corrected chi connectivity index (χ1v) is 3.23. The number of rotatable bonds is 4. The summed E-state index contributed by atoms with van der Waals surface area (Å²) >= 11 is 0. The quantitative estimate of drug-likeness (QED) is 0.329. The van der Waals surface area contributed by atoms with Gasteiger partial charge in [0.2, 0.25) is 0 Å². The van der Waals surface area contributed by atoms with E-state index in [-0.39, 0.29) is 0 Å². The standard InChI is InChI=1S/C9H12O/c1-3-5-6-7-9(4-2)8-10/h3-6,8H,1,7H2,2H3/b6-5+,9-4-. The van der Waals surface area contributed by atoms with Crippen LogP contribution in [0.15, 0.2) is 36.5 Å². The number of carbonyl (C=O) groups excluding carboxylic acids is 1. The van der Waals surface area contributed by atoms with E-state index >= 15 is 0 Å². The van der Waals surface area contributed by atoms with E-state index in [1.807, 2.05) is 19.1 Å². The zero-order chi connectivity index (χ0) is 7.82. The Morgan fingerprint density at radius 1 is 1.60 bits per heavy atom. The van der Waals surface area contributed by atoms with Crippen LogP contribution in [-0.4, -0.2) is 6.29 Å². The summed E-state index contributed by atoms with van der Waals surface area (Å²) in [7, 11) is 0. The van der Waals surface area contributed by atoms with Crippen LogP contribution in [0.25, 0.3) is 0 Å². The molecule has 0 aliphatic heterocycles. The summed E-state index contributed by atoms with van der Waals surface area (Å²) in [5, 5.41) is 0. The molecule has 0 aromatic rings. The minimum atomic E-state index is 0.700. The van der Waals surface area contributed by atoms with E-state index in [1.54, 1.807) is 12.2 Å². The maximum atomic E-state index is 10.2. The third-order valence-corrected chi connectivity index (χ3v) is 1.15. The lowest BCUT2D eigenvalue weighted by molar-refractivity contribution is -0.105. The number of aldehydes is 1. The number of allylic oxidation sites excluding steroid dienone is 5. The molecule has 0 N–H and O–H groups in total. The van der Waals surface area contributed by atoms with Gasteiger partial charge in [0, 0.05) is 0 Å². The van der Waals surface area contributed by atoms with Gasteiger partial charge in [-0.3, -0.25) is 4.79 Å². The normalized spacial score (nSPS) is 11.9. The van der Waals surface area contributed by atoms with Gasteiger partial charge in [0.1, 0.15) is 6.29 Å². The van der Waals surface area contributed by atoms with E-state index < -0.39 is 0 Å². The lowest BCUT2D eigenvalue weighted by atomic mass is 10.2. The third kappa shape index (κ3) is 3.84. The molecular weight excluding hydrogens is 124 g/mol. The van der Waals surface area contributed by atoms with Crippen LogP contribution in [0.1, 0.15) is 13.3 Å². The van der Waals surface area contributed by atoms with Crippen LogP contribution in [0.2, 0.25) is 0 Å². The molecule has 0 aliphatic rings. The van der Waals surface area contributed by atoms with E-state index in [0.29, 0.717) is 6.42 Å². The van der Waals surface area contributed by atoms with Crippen LogP contribution in [0.3, 0.4) is 0 Å². The molecule has 0 amide bonds. The van der Waals surface area contributed by atoms with Gasteiger partial charge in [-0.05, 0) is 18.9 Å². The number of carbonyl (C=O) groups is 1. The highest BCUT2D eigenvalue weighted by molar-refractivity contribution is 5.73.